The highest BCUT2D eigenvalue weighted by Gasteiger charge is 2.65. The van der Waals surface area contributed by atoms with Crippen LogP contribution >= 0.6 is 0 Å². The van der Waals surface area contributed by atoms with Gasteiger partial charge in [0.2, 0.25) is 0 Å². The topological polar surface area (TPSA) is 148 Å². The summed E-state index contributed by atoms with van der Waals surface area (Å²) in [6.07, 6.45) is 2.14. The van der Waals surface area contributed by atoms with Crippen LogP contribution in [0.15, 0.2) is 71.3 Å². The van der Waals surface area contributed by atoms with Crippen LogP contribution in [0.25, 0.3) is 0 Å². The van der Waals surface area contributed by atoms with E-state index in [-0.39, 0.29) is 54.0 Å². The molecule has 52 heavy (non-hydrogen) atoms. The van der Waals surface area contributed by atoms with Crippen LogP contribution in [-0.4, -0.2) is 59.1 Å². The van der Waals surface area contributed by atoms with Crippen molar-refractivity contribution >= 4 is 23.3 Å². The number of carbonyl (C=O) groups is 4. The average molecular weight is 704 g/mol. The Bertz CT molecular complexity index is 2070. The van der Waals surface area contributed by atoms with Gasteiger partial charge in [-0.25, -0.2) is 4.79 Å². The Hall–Kier alpha value is -5.13. The molecular formula is C41H41N3O8. The molecular weight excluding hydrogens is 662 g/mol. The molecule has 11 nitrogen and oxygen atoms in total. The van der Waals surface area contributed by atoms with Gasteiger partial charge in [-0.1, -0.05) is 60.7 Å². The van der Waals surface area contributed by atoms with Crippen LogP contribution in [0, 0.1) is 23.2 Å². The second-order valence-corrected chi connectivity index (χ2v) is 14.9. The normalized spacial score (nSPS) is 26.4. The third-order valence-electron chi connectivity index (χ3n) is 11.7. The van der Waals surface area contributed by atoms with Gasteiger partial charge in [0.25, 0.3) is 5.88 Å². The van der Waals surface area contributed by atoms with E-state index in [9.17, 15) is 19.5 Å². The van der Waals surface area contributed by atoms with Crippen molar-refractivity contribution in [3.8, 4) is 11.6 Å². The number of nitrogens with one attached hydrogen (secondary N) is 1. The number of Topliss-reactive ketones (excluding diaryl/α,β-unsaturated/α-hetero) is 3. The van der Waals surface area contributed by atoms with Gasteiger partial charge in [-0.15, -0.1) is 0 Å². The van der Waals surface area contributed by atoms with Crippen LogP contribution < -0.4 is 14.8 Å². The van der Waals surface area contributed by atoms with Crippen LogP contribution in [0.1, 0.15) is 97.4 Å². The molecule has 4 aliphatic rings. The van der Waals surface area contributed by atoms with Gasteiger partial charge in [-0.2, -0.15) is 0 Å². The quantitative estimate of drug-likeness (QED) is 0.197. The summed E-state index contributed by atoms with van der Waals surface area (Å²) in [6, 6.07) is 19.9. The number of nitrogens with zero attached hydrogens (tertiary/aromatic N) is 2. The molecule has 1 aromatic heterocycles. The van der Waals surface area contributed by atoms with Crippen LogP contribution in [-0.2, 0) is 24.4 Å². The molecule has 3 aromatic carbocycles. The lowest BCUT2D eigenvalue weighted by Crippen LogP contribution is -2.60. The van der Waals surface area contributed by atoms with Gasteiger partial charge in [0.1, 0.15) is 24.5 Å². The number of hydrogen-bond acceptors (Lipinski definition) is 10. The molecule has 6 unspecified atom stereocenters. The zero-order chi connectivity index (χ0) is 36.3. The zero-order valence-corrected chi connectivity index (χ0v) is 29.4. The summed E-state index contributed by atoms with van der Waals surface area (Å²) >= 11 is 0. The Morgan fingerprint density at radius 3 is 2.29 bits per heavy atom. The highest BCUT2D eigenvalue weighted by molar-refractivity contribution is 6.25. The van der Waals surface area contributed by atoms with Gasteiger partial charge >= 0.3 is 5.97 Å². The lowest BCUT2D eigenvalue weighted by molar-refractivity contribution is -0.140. The zero-order valence-electron chi connectivity index (χ0n) is 29.4. The van der Waals surface area contributed by atoms with Gasteiger partial charge in [-0.3, -0.25) is 19.3 Å². The van der Waals surface area contributed by atoms with Gasteiger partial charge in [0.15, 0.2) is 23.1 Å². The second-order valence-electron chi connectivity index (χ2n) is 14.9. The smallest absolute Gasteiger partial charge is 0.336 e. The predicted molar refractivity (Wildman–Crippen MR) is 188 cm³/mol. The first kappa shape index (κ1) is 34.0. The van der Waals surface area contributed by atoms with Gasteiger partial charge in [-0.05, 0) is 92.6 Å². The minimum absolute atomic E-state index is 0.0152. The molecule has 1 saturated heterocycles. The molecule has 1 saturated carbocycles. The maximum absolute atomic E-state index is 15.0. The second kappa shape index (κ2) is 13.1. The van der Waals surface area contributed by atoms with E-state index in [4.69, 9.17) is 14.0 Å². The molecule has 0 amide bonds. The number of carboxylic acids is 1. The number of ether oxygens (including phenoxy) is 2. The molecule has 268 valence electrons. The number of carboxylic acid groups (broad SMARTS) is 1. The van der Waals surface area contributed by atoms with Crippen LogP contribution in [0.2, 0.25) is 0 Å². The molecule has 11 heteroatoms. The Morgan fingerprint density at radius 2 is 1.67 bits per heavy atom. The number of benzene rings is 3. The average Bonchev–Trinajstić information content (AvgIpc) is 3.83. The van der Waals surface area contributed by atoms with Crippen molar-refractivity contribution in [3.05, 3.63) is 111 Å². The lowest BCUT2D eigenvalue weighted by Gasteiger charge is -2.52. The van der Waals surface area contributed by atoms with E-state index in [2.05, 4.69) is 10.5 Å². The van der Waals surface area contributed by atoms with Crippen molar-refractivity contribution in [1.82, 2.24) is 15.4 Å². The number of aromatic carboxylic acids is 1. The third kappa shape index (κ3) is 5.37. The summed E-state index contributed by atoms with van der Waals surface area (Å²) in [7, 11) is 3.71. The molecule has 3 aliphatic carbocycles. The van der Waals surface area contributed by atoms with Crippen molar-refractivity contribution in [2.24, 2.45) is 23.2 Å². The Kier molecular flexibility index (Phi) is 8.58. The molecule has 1 aliphatic heterocycles. The van der Waals surface area contributed by atoms with Gasteiger partial charge < -0.3 is 24.4 Å². The fourth-order valence-corrected chi connectivity index (χ4v) is 9.19. The van der Waals surface area contributed by atoms with Crippen molar-refractivity contribution < 1.29 is 38.3 Å². The maximum Gasteiger partial charge on any atom is 0.336 e. The lowest BCUT2D eigenvalue weighted by atomic mass is 9.49. The first-order valence-corrected chi connectivity index (χ1v) is 17.9. The van der Waals surface area contributed by atoms with Crippen LogP contribution in [0.4, 0.5) is 0 Å². The Labute approximate surface area is 301 Å². The number of ketones is 3. The van der Waals surface area contributed by atoms with E-state index >= 15 is 4.79 Å². The first-order chi connectivity index (χ1) is 25.1. The summed E-state index contributed by atoms with van der Waals surface area (Å²) in [6.45, 7) is 2.68. The molecule has 0 bridgehead atoms. The molecule has 6 atom stereocenters. The molecule has 2 fully saturated rings. The van der Waals surface area contributed by atoms with E-state index in [1.807, 2.05) is 79.7 Å². The number of fused-ring (bicyclic) bond motifs is 4. The highest BCUT2D eigenvalue weighted by Crippen LogP contribution is 2.59. The molecule has 0 spiro atoms. The molecule has 0 radical (unpaired) electrons. The first-order valence-electron chi connectivity index (χ1n) is 17.9. The van der Waals surface area contributed by atoms with Crippen LogP contribution in [0.5, 0.6) is 11.6 Å². The van der Waals surface area contributed by atoms with E-state index in [0.717, 1.165) is 30.5 Å². The summed E-state index contributed by atoms with van der Waals surface area (Å²) in [5.41, 5.74) is 1.47. The van der Waals surface area contributed by atoms with Crippen LogP contribution in [0.3, 0.4) is 0 Å². The Balaban J connectivity index is 1.22. The number of hydrogen-bond donors (Lipinski definition) is 2. The summed E-state index contributed by atoms with van der Waals surface area (Å²) in [4.78, 5) is 59.6. The van der Waals surface area contributed by atoms with E-state index < -0.39 is 52.5 Å². The highest BCUT2D eigenvalue weighted by atomic mass is 16.5. The number of carbonyl (C=O) groups excluding carboxylic acids is 3. The van der Waals surface area contributed by atoms with Crippen molar-refractivity contribution in [3.63, 3.8) is 0 Å². The minimum Gasteiger partial charge on any atom is -0.488 e. The van der Waals surface area contributed by atoms with Gasteiger partial charge in [0, 0.05) is 12.0 Å². The van der Waals surface area contributed by atoms with Crippen molar-refractivity contribution in [2.75, 3.05) is 20.6 Å². The standard InChI is InChI=1S/C41H41N3O8/c1-41-27(34(44(2)3)36-33(38(41)47)39(43-52-36)51-21-23-13-8-5-9-14-23)18-24-17-26-31(40(48)49)25(28-15-10-16-42-28)19-29(32(26)35(45)30(24)37(41)46)50-20-22-11-6-4-7-12-22/h4-9,11-14,19,24,27-28,30,34,42H,10,15-18,20-21H2,1-3H3,(H,48,49). The largest absolute Gasteiger partial charge is 0.488 e. The third-order valence-corrected chi connectivity index (χ3v) is 11.7. The monoisotopic (exact) mass is 703 g/mol. The van der Waals surface area contributed by atoms with E-state index in [1.54, 1.807) is 13.0 Å². The van der Waals surface area contributed by atoms with Gasteiger partial charge in [0.05, 0.1) is 28.5 Å². The summed E-state index contributed by atoms with van der Waals surface area (Å²) in [5, 5.41) is 18.3. The van der Waals surface area contributed by atoms with E-state index in [0.29, 0.717) is 23.3 Å². The molecule has 2 heterocycles. The molecule has 8 rings (SSSR count). The Morgan fingerprint density at radius 1 is 1.00 bits per heavy atom. The minimum atomic E-state index is -1.60. The fourth-order valence-electron chi connectivity index (χ4n) is 9.19. The maximum atomic E-state index is 15.0. The number of aromatic nitrogens is 1. The summed E-state index contributed by atoms with van der Waals surface area (Å²) in [5.74, 6) is -4.25. The van der Waals surface area contributed by atoms with E-state index in [1.165, 1.54) is 0 Å². The summed E-state index contributed by atoms with van der Waals surface area (Å²) < 4.78 is 18.2. The van der Waals surface area contributed by atoms with Crippen molar-refractivity contribution in [2.45, 2.75) is 57.9 Å². The van der Waals surface area contributed by atoms with Crippen molar-refractivity contribution in [1.29, 1.82) is 0 Å². The SMILES string of the molecule is CN(C)C1c2onc(OCc3ccccc3)c2C(=O)C2(C)C(=O)C3C(=O)c4c(OCc5ccccc5)cc(C5CCCN5)c(C(=O)O)c4CC3CC12. The number of rotatable bonds is 9. The fraction of sp³-hybridized carbons (Fsp3) is 0.390. The molecule has 4 aromatic rings. The predicted octanol–water partition coefficient (Wildman–Crippen LogP) is 6.02. The molecule has 2 N–H and O–H groups in total.